The summed E-state index contributed by atoms with van der Waals surface area (Å²) in [5.74, 6) is -4.30. The van der Waals surface area contributed by atoms with E-state index < -0.39 is 35.2 Å². The Morgan fingerprint density at radius 2 is 1.28 bits per heavy atom. The second kappa shape index (κ2) is 9.39. The highest BCUT2D eigenvalue weighted by molar-refractivity contribution is 5.89. The average Bonchev–Trinajstić information content (AvgIpc) is 3.28. The number of carboxylic acids is 4. The number of hydrogen-bond acceptors (Lipinski definition) is 4. The van der Waals surface area contributed by atoms with Crippen molar-refractivity contribution in [3.63, 3.8) is 0 Å². The minimum atomic E-state index is -0.948. The molecule has 0 aliphatic heterocycles. The van der Waals surface area contributed by atoms with Crippen LogP contribution in [0.2, 0.25) is 0 Å². The maximum Gasteiger partial charge on any atom is 0.310 e. The van der Waals surface area contributed by atoms with Crippen LogP contribution in [0.3, 0.4) is 0 Å². The molecule has 2 atom stereocenters. The van der Waals surface area contributed by atoms with Crippen LogP contribution < -0.4 is 0 Å². The van der Waals surface area contributed by atoms with E-state index in [1.807, 2.05) is 0 Å². The van der Waals surface area contributed by atoms with Crippen LogP contribution in [-0.2, 0) is 19.2 Å². The van der Waals surface area contributed by atoms with Gasteiger partial charge in [-0.15, -0.1) is 0 Å². The molecule has 4 N–H and O–H groups in total. The molecule has 0 saturated heterocycles. The second-order valence-corrected chi connectivity index (χ2v) is 6.77. The molecule has 25 heavy (non-hydrogen) atoms. The number of carboxylic acid groups (broad SMARTS) is 4. The Kier molecular flexibility index (Phi) is 7.86. The molecule has 2 fully saturated rings. The first-order valence-corrected chi connectivity index (χ1v) is 8.61. The third kappa shape index (κ3) is 6.03. The van der Waals surface area contributed by atoms with Crippen LogP contribution in [0.4, 0.5) is 0 Å². The molecule has 0 heterocycles. The molecule has 0 radical (unpaired) electrons. The second-order valence-electron chi connectivity index (χ2n) is 6.77. The van der Waals surface area contributed by atoms with Crippen molar-refractivity contribution in [2.45, 2.75) is 64.2 Å². The van der Waals surface area contributed by atoms with Crippen molar-refractivity contribution < 1.29 is 39.6 Å². The van der Waals surface area contributed by atoms with Gasteiger partial charge in [-0.05, 0) is 31.6 Å². The Labute approximate surface area is 145 Å². The first-order chi connectivity index (χ1) is 11.7. The summed E-state index contributed by atoms with van der Waals surface area (Å²) in [6.07, 6.45) is 6.60. The fraction of sp³-hybridized carbons (Fsp3) is 0.765. The van der Waals surface area contributed by atoms with Gasteiger partial charge in [-0.3, -0.25) is 19.2 Å². The van der Waals surface area contributed by atoms with Crippen molar-refractivity contribution in [3.8, 4) is 0 Å². The van der Waals surface area contributed by atoms with Gasteiger partial charge in [0.15, 0.2) is 0 Å². The molecule has 2 unspecified atom stereocenters. The Hall–Kier alpha value is -2.12. The van der Waals surface area contributed by atoms with Gasteiger partial charge in [-0.25, -0.2) is 0 Å². The largest absolute Gasteiger partial charge is 0.481 e. The van der Waals surface area contributed by atoms with E-state index in [4.69, 9.17) is 15.3 Å². The van der Waals surface area contributed by atoms with Gasteiger partial charge in [0.05, 0.1) is 11.3 Å². The summed E-state index contributed by atoms with van der Waals surface area (Å²) >= 11 is 0. The van der Waals surface area contributed by atoms with E-state index in [1.165, 1.54) is 0 Å². The first kappa shape index (κ1) is 20.9. The highest BCUT2D eigenvalue weighted by Gasteiger charge is 2.67. The van der Waals surface area contributed by atoms with Crippen molar-refractivity contribution >= 4 is 23.9 Å². The fourth-order valence-corrected chi connectivity index (χ4v) is 3.63. The van der Waals surface area contributed by atoms with Crippen LogP contribution in [0.25, 0.3) is 0 Å². The zero-order valence-corrected chi connectivity index (χ0v) is 14.1. The maximum absolute atomic E-state index is 11.3. The predicted molar refractivity (Wildman–Crippen MR) is 86.1 cm³/mol. The van der Waals surface area contributed by atoms with Gasteiger partial charge in [-0.2, -0.15) is 0 Å². The van der Waals surface area contributed by atoms with Crippen LogP contribution in [0, 0.1) is 17.3 Å². The zero-order valence-electron chi connectivity index (χ0n) is 14.1. The molecule has 0 aromatic carbocycles. The van der Waals surface area contributed by atoms with Gasteiger partial charge in [0, 0.05) is 12.8 Å². The molecule has 2 aliphatic carbocycles. The molecular weight excluding hydrogens is 332 g/mol. The minimum absolute atomic E-state index is 0.0632. The summed E-state index contributed by atoms with van der Waals surface area (Å²) in [5.41, 5.74) is -0.934. The summed E-state index contributed by atoms with van der Waals surface area (Å²) in [5, 5.41) is 34.3. The summed E-state index contributed by atoms with van der Waals surface area (Å²) in [6.45, 7) is 0. The summed E-state index contributed by atoms with van der Waals surface area (Å²) < 4.78 is 0. The van der Waals surface area contributed by atoms with E-state index in [9.17, 15) is 24.3 Å². The highest BCUT2D eigenvalue weighted by atomic mass is 16.4. The molecule has 0 aromatic heterocycles. The van der Waals surface area contributed by atoms with Gasteiger partial charge in [0.1, 0.15) is 0 Å². The SMILES string of the molecule is O=C(O)C1CC1(C(=O)O)C1CCCCCC1.O=C(O)CCCC(=O)O. The van der Waals surface area contributed by atoms with Gasteiger partial charge in [-0.1, -0.05) is 25.7 Å². The minimum Gasteiger partial charge on any atom is -0.481 e. The summed E-state index contributed by atoms with van der Waals surface area (Å²) in [7, 11) is 0. The van der Waals surface area contributed by atoms with Crippen LogP contribution in [0.1, 0.15) is 64.2 Å². The van der Waals surface area contributed by atoms with Crippen molar-refractivity contribution in [3.05, 3.63) is 0 Å². The Morgan fingerprint density at radius 3 is 1.60 bits per heavy atom. The highest BCUT2D eigenvalue weighted by Crippen LogP contribution is 2.61. The predicted octanol–water partition coefficient (Wildman–Crippen LogP) is 2.46. The van der Waals surface area contributed by atoms with Gasteiger partial charge in [0.25, 0.3) is 0 Å². The van der Waals surface area contributed by atoms with E-state index in [2.05, 4.69) is 0 Å². The van der Waals surface area contributed by atoms with Crippen LogP contribution in [0.15, 0.2) is 0 Å². The molecule has 2 aliphatic rings. The third-order valence-electron chi connectivity index (χ3n) is 5.06. The van der Waals surface area contributed by atoms with Gasteiger partial charge in [0.2, 0.25) is 0 Å². The lowest BCUT2D eigenvalue weighted by Gasteiger charge is -2.22. The van der Waals surface area contributed by atoms with E-state index in [0.717, 1.165) is 38.5 Å². The maximum atomic E-state index is 11.3. The van der Waals surface area contributed by atoms with Crippen molar-refractivity contribution in [1.82, 2.24) is 0 Å². The number of hydrogen-bond donors (Lipinski definition) is 4. The standard InChI is InChI=1S/C12H18O4.C5H8O4/c13-10(14)9-7-12(9,11(15)16)8-5-3-1-2-4-6-8;6-4(7)2-1-3-5(8)9/h8-9H,1-7H2,(H,13,14)(H,15,16);1-3H2,(H,6,7)(H,8,9). The zero-order chi connectivity index (χ0) is 19.0. The molecule has 0 amide bonds. The van der Waals surface area contributed by atoms with Crippen molar-refractivity contribution in [2.75, 3.05) is 0 Å². The third-order valence-corrected chi connectivity index (χ3v) is 5.06. The normalized spacial score (nSPS) is 25.8. The molecular formula is C17H26O8. The van der Waals surface area contributed by atoms with Gasteiger partial charge < -0.3 is 20.4 Å². The van der Waals surface area contributed by atoms with E-state index in [1.54, 1.807) is 0 Å². The lowest BCUT2D eigenvalue weighted by Crippen LogP contribution is -2.29. The van der Waals surface area contributed by atoms with Crippen LogP contribution in [0.5, 0.6) is 0 Å². The molecule has 2 saturated carbocycles. The Bertz CT molecular complexity index is 493. The van der Waals surface area contributed by atoms with Gasteiger partial charge >= 0.3 is 23.9 Å². The van der Waals surface area contributed by atoms with Crippen LogP contribution >= 0.6 is 0 Å². The van der Waals surface area contributed by atoms with Crippen molar-refractivity contribution in [1.29, 1.82) is 0 Å². The molecule has 0 spiro atoms. The van der Waals surface area contributed by atoms with Crippen LogP contribution in [-0.4, -0.2) is 44.3 Å². The molecule has 142 valence electrons. The topological polar surface area (TPSA) is 149 Å². The van der Waals surface area contributed by atoms with Crippen molar-refractivity contribution in [2.24, 2.45) is 17.3 Å². The Balaban J connectivity index is 0.000000299. The summed E-state index contributed by atoms with van der Waals surface area (Å²) in [4.78, 5) is 41.9. The van der Waals surface area contributed by atoms with E-state index in [-0.39, 0.29) is 25.2 Å². The smallest absolute Gasteiger partial charge is 0.310 e. The quantitative estimate of drug-likeness (QED) is 0.507. The average molecular weight is 358 g/mol. The number of rotatable bonds is 7. The summed E-state index contributed by atoms with van der Waals surface area (Å²) in [6, 6.07) is 0. The van der Waals surface area contributed by atoms with E-state index >= 15 is 0 Å². The number of carbonyl (C=O) groups is 4. The molecule has 0 aromatic rings. The van der Waals surface area contributed by atoms with E-state index in [0.29, 0.717) is 6.42 Å². The Morgan fingerprint density at radius 1 is 0.800 bits per heavy atom. The lowest BCUT2D eigenvalue weighted by molar-refractivity contribution is -0.151. The molecule has 8 heteroatoms. The fourth-order valence-electron chi connectivity index (χ4n) is 3.63. The number of aliphatic carboxylic acids is 4. The molecule has 8 nitrogen and oxygen atoms in total. The molecule has 0 bridgehead atoms. The monoisotopic (exact) mass is 358 g/mol. The first-order valence-electron chi connectivity index (χ1n) is 8.61. The lowest BCUT2D eigenvalue weighted by atomic mass is 9.81. The molecule has 2 rings (SSSR count).